The first-order valence-corrected chi connectivity index (χ1v) is 11.3. The number of carbonyl (C=O) groups is 2. The average molecular weight is 449 g/mol. The molecule has 1 atom stereocenters. The first-order valence-electron chi connectivity index (χ1n) is 10.5. The van der Waals surface area contributed by atoms with E-state index in [1.165, 1.54) is 0 Å². The quantitative estimate of drug-likeness (QED) is 0.451. The molecule has 2 aromatic rings. The van der Waals surface area contributed by atoms with Crippen molar-refractivity contribution < 1.29 is 9.59 Å². The van der Waals surface area contributed by atoms with Gasteiger partial charge in [0.05, 0.1) is 0 Å². The number of aryl methyl sites for hydroxylation is 1. The van der Waals surface area contributed by atoms with Crippen molar-refractivity contribution in [3.63, 3.8) is 0 Å². The van der Waals surface area contributed by atoms with Crippen molar-refractivity contribution in [1.82, 2.24) is 10.2 Å². The fourth-order valence-corrected chi connectivity index (χ4v) is 3.75. The van der Waals surface area contributed by atoms with Crippen LogP contribution in [0.5, 0.6) is 0 Å². The molecule has 4 nitrogen and oxygen atoms in total. The molecular weight excluding hydrogens is 419 g/mol. The van der Waals surface area contributed by atoms with Crippen LogP contribution in [0.3, 0.4) is 0 Å². The molecule has 0 saturated carbocycles. The van der Waals surface area contributed by atoms with Gasteiger partial charge in [0, 0.05) is 29.6 Å². The summed E-state index contributed by atoms with van der Waals surface area (Å²) in [5, 5.41) is 4.20. The largest absolute Gasteiger partial charge is 0.354 e. The lowest BCUT2D eigenvalue weighted by Gasteiger charge is -2.31. The third-order valence-corrected chi connectivity index (χ3v) is 5.82. The lowest BCUT2D eigenvalue weighted by atomic mass is 10.1. The maximum absolute atomic E-state index is 13.2. The molecule has 0 bridgehead atoms. The van der Waals surface area contributed by atoms with E-state index < -0.39 is 6.04 Å². The van der Waals surface area contributed by atoms with Gasteiger partial charge in [-0.25, -0.2) is 0 Å². The number of unbranched alkanes of at least 4 members (excludes halogenated alkanes) is 1. The molecule has 0 aliphatic rings. The van der Waals surface area contributed by atoms with Crippen molar-refractivity contribution in [3.05, 3.63) is 69.7 Å². The minimum Gasteiger partial charge on any atom is -0.354 e. The molecular formula is C24H30Cl2N2O2. The molecule has 6 heteroatoms. The summed E-state index contributed by atoms with van der Waals surface area (Å²) in [6, 6.07) is 14.4. The Balaban J connectivity index is 2.20. The normalized spacial score (nSPS) is 11.7. The van der Waals surface area contributed by atoms with E-state index in [-0.39, 0.29) is 18.2 Å². The molecule has 0 spiro atoms. The van der Waals surface area contributed by atoms with Gasteiger partial charge in [0.15, 0.2) is 0 Å². The molecule has 2 rings (SSSR count). The fraction of sp³-hybridized carbons (Fsp3) is 0.417. The third-order valence-electron chi connectivity index (χ3n) is 5.08. The van der Waals surface area contributed by atoms with Crippen LogP contribution in [0.25, 0.3) is 0 Å². The van der Waals surface area contributed by atoms with E-state index in [1.807, 2.05) is 49.4 Å². The third kappa shape index (κ3) is 7.03. The number of hydrogen-bond acceptors (Lipinski definition) is 2. The number of hydrogen-bond donors (Lipinski definition) is 1. The Morgan fingerprint density at radius 3 is 2.13 bits per heavy atom. The number of nitrogens with one attached hydrogen (secondary N) is 1. The van der Waals surface area contributed by atoms with E-state index in [0.717, 1.165) is 24.0 Å². The van der Waals surface area contributed by atoms with Gasteiger partial charge in [-0.05, 0) is 42.5 Å². The monoisotopic (exact) mass is 448 g/mol. The zero-order valence-corrected chi connectivity index (χ0v) is 19.2. The average Bonchev–Trinajstić information content (AvgIpc) is 2.74. The van der Waals surface area contributed by atoms with Crippen molar-refractivity contribution in [3.8, 4) is 0 Å². The number of halogens is 2. The van der Waals surface area contributed by atoms with E-state index in [9.17, 15) is 9.59 Å². The fourth-order valence-electron chi connectivity index (χ4n) is 3.32. The molecule has 0 aromatic heterocycles. The lowest BCUT2D eigenvalue weighted by Crippen LogP contribution is -2.49. The highest BCUT2D eigenvalue weighted by molar-refractivity contribution is 6.31. The van der Waals surface area contributed by atoms with Gasteiger partial charge in [0.2, 0.25) is 11.8 Å². The van der Waals surface area contributed by atoms with Gasteiger partial charge in [-0.15, -0.1) is 0 Å². The van der Waals surface area contributed by atoms with E-state index >= 15 is 0 Å². The number of carbonyl (C=O) groups excluding carboxylic acids is 2. The molecule has 30 heavy (non-hydrogen) atoms. The Kier molecular flexibility index (Phi) is 10.2. The van der Waals surface area contributed by atoms with Gasteiger partial charge in [-0.1, -0.05) is 79.9 Å². The molecule has 0 radical (unpaired) electrons. The van der Waals surface area contributed by atoms with Crippen LogP contribution in [0.1, 0.15) is 50.7 Å². The van der Waals surface area contributed by atoms with E-state index in [0.29, 0.717) is 36.0 Å². The molecule has 0 saturated heterocycles. The summed E-state index contributed by atoms with van der Waals surface area (Å²) >= 11 is 12.6. The summed E-state index contributed by atoms with van der Waals surface area (Å²) in [6.45, 7) is 4.90. The Morgan fingerprint density at radius 1 is 0.967 bits per heavy atom. The summed E-state index contributed by atoms with van der Waals surface area (Å²) in [6.07, 6.45) is 3.23. The van der Waals surface area contributed by atoms with E-state index in [4.69, 9.17) is 23.2 Å². The Hall–Kier alpha value is -2.04. The van der Waals surface area contributed by atoms with Crippen molar-refractivity contribution in [2.45, 2.75) is 58.5 Å². The first kappa shape index (κ1) is 24.2. The van der Waals surface area contributed by atoms with Gasteiger partial charge in [0.25, 0.3) is 0 Å². The Bertz CT molecular complexity index is 841. The van der Waals surface area contributed by atoms with Crippen molar-refractivity contribution in [1.29, 1.82) is 0 Å². The van der Waals surface area contributed by atoms with Crippen LogP contribution < -0.4 is 5.32 Å². The summed E-state index contributed by atoms with van der Waals surface area (Å²) in [5.41, 5.74) is 1.75. The van der Waals surface area contributed by atoms with E-state index in [2.05, 4.69) is 12.2 Å². The van der Waals surface area contributed by atoms with Crippen LogP contribution in [0, 0.1) is 0 Å². The van der Waals surface area contributed by atoms with Crippen LogP contribution in [0.15, 0.2) is 48.5 Å². The van der Waals surface area contributed by atoms with Gasteiger partial charge in [-0.3, -0.25) is 9.59 Å². The second-order valence-corrected chi connectivity index (χ2v) is 8.09. The number of amides is 2. The minimum atomic E-state index is -0.545. The second kappa shape index (κ2) is 12.6. The highest BCUT2D eigenvalue weighted by Gasteiger charge is 2.28. The maximum atomic E-state index is 13.2. The molecule has 2 aromatic carbocycles. The van der Waals surface area contributed by atoms with Gasteiger partial charge >= 0.3 is 0 Å². The molecule has 1 unspecified atom stereocenters. The smallest absolute Gasteiger partial charge is 0.242 e. The molecule has 1 N–H and O–H groups in total. The second-order valence-electron chi connectivity index (χ2n) is 7.27. The Labute approximate surface area is 189 Å². The predicted molar refractivity (Wildman–Crippen MR) is 124 cm³/mol. The van der Waals surface area contributed by atoms with Crippen LogP contribution in [0.4, 0.5) is 0 Å². The van der Waals surface area contributed by atoms with Crippen molar-refractivity contribution in [2.75, 3.05) is 6.54 Å². The van der Waals surface area contributed by atoms with Gasteiger partial charge < -0.3 is 10.2 Å². The zero-order valence-electron chi connectivity index (χ0n) is 17.7. The highest BCUT2D eigenvalue weighted by atomic mass is 35.5. The SMILES string of the molecule is CCCCNC(=O)C(CC)N(Cc1ccccc1Cl)C(=O)CCc1ccccc1Cl. The Morgan fingerprint density at radius 2 is 1.57 bits per heavy atom. The molecule has 162 valence electrons. The predicted octanol–water partition coefficient (Wildman–Crippen LogP) is 5.65. The first-order chi connectivity index (χ1) is 14.5. The number of benzene rings is 2. The summed E-state index contributed by atoms with van der Waals surface area (Å²) in [7, 11) is 0. The van der Waals surface area contributed by atoms with Crippen molar-refractivity contribution in [2.24, 2.45) is 0 Å². The highest BCUT2D eigenvalue weighted by Crippen LogP contribution is 2.22. The van der Waals surface area contributed by atoms with Gasteiger partial charge in [-0.2, -0.15) is 0 Å². The van der Waals surface area contributed by atoms with Crippen LogP contribution in [0.2, 0.25) is 10.0 Å². The molecule has 0 heterocycles. The van der Waals surface area contributed by atoms with Crippen LogP contribution in [-0.2, 0) is 22.6 Å². The minimum absolute atomic E-state index is 0.0904. The van der Waals surface area contributed by atoms with Crippen LogP contribution in [-0.4, -0.2) is 29.3 Å². The van der Waals surface area contributed by atoms with Crippen LogP contribution >= 0.6 is 23.2 Å². The summed E-state index contributed by atoms with van der Waals surface area (Å²) in [5.74, 6) is -0.212. The van der Waals surface area contributed by atoms with E-state index in [1.54, 1.807) is 11.0 Å². The standard InChI is InChI=1S/C24H30Cl2N2O2/c1-3-5-16-27-24(30)22(4-2)28(17-19-11-7-9-13-21(19)26)23(29)15-14-18-10-6-8-12-20(18)25/h6-13,22H,3-5,14-17H2,1-2H3,(H,27,30). The summed E-state index contributed by atoms with van der Waals surface area (Å²) in [4.78, 5) is 27.7. The summed E-state index contributed by atoms with van der Waals surface area (Å²) < 4.78 is 0. The number of nitrogens with zero attached hydrogens (tertiary/aromatic N) is 1. The molecule has 2 amide bonds. The maximum Gasteiger partial charge on any atom is 0.242 e. The number of rotatable bonds is 11. The molecule has 0 fully saturated rings. The van der Waals surface area contributed by atoms with Crippen molar-refractivity contribution >= 4 is 35.0 Å². The lowest BCUT2D eigenvalue weighted by molar-refractivity contribution is -0.141. The topological polar surface area (TPSA) is 49.4 Å². The molecule has 0 aliphatic heterocycles. The molecule has 0 aliphatic carbocycles. The zero-order chi connectivity index (χ0) is 21.9. The van der Waals surface area contributed by atoms with Gasteiger partial charge in [0.1, 0.15) is 6.04 Å².